The molecule has 0 fully saturated rings. The second-order valence-electron chi connectivity index (χ2n) is 3.98. The predicted octanol–water partition coefficient (Wildman–Crippen LogP) is 3.06. The molecule has 0 radical (unpaired) electrons. The first-order valence-corrected chi connectivity index (χ1v) is 6.81. The minimum absolute atomic E-state index is 0.434. The summed E-state index contributed by atoms with van der Waals surface area (Å²) in [7, 11) is 0. The molecule has 4 nitrogen and oxygen atoms in total. The molecule has 19 heavy (non-hydrogen) atoms. The smallest absolute Gasteiger partial charge is 0.183 e. The summed E-state index contributed by atoms with van der Waals surface area (Å²) in [6, 6.07) is 7.63. The average molecular weight is 292 g/mol. The van der Waals surface area contributed by atoms with Gasteiger partial charge in [-0.15, -0.1) is 11.3 Å². The molecule has 0 aliphatic heterocycles. The maximum absolute atomic E-state index is 10.2. The Morgan fingerprint density at radius 3 is 2.63 bits per heavy atom. The van der Waals surface area contributed by atoms with Crippen LogP contribution in [0.5, 0.6) is 0 Å². The first-order valence-electron chi connectivity index (χ1n) is 5.61. The van der Waals surface area contributed by atoms with Crippen molar-refractivity contribution in [3.05, 3.63) is 64.1 Å². The van der Waals surface area contributed by atoms with Crippen LogP contribution in [0.3, 0.4) is 0 Å². The number of aromatic nitrogens is 3. The molecule has 96 valence electrons. The largest absolute Gasteiger partial charge is 0.383 e. The number of nitrogens with zero attached hydrogens (tertiary/aromatic N) is 3. The molecule has 0 amide bonds. The minimum Gasteiger partial charge on any atom is -0.383 e. The van der Waals surface area contributed by atoms with Gasteiger partial charge in [-0.2, -0.15) is 0 Å². The molecule has 1 atom stereocenters. The van der Waals surface area contributed by atoms with Crippen LogP contribution < -0.4 is 0 Å². The highest BCUT2D eigenvalue weighted by molar-refractivity contribution is 7.15. The number of rotatable bonds is 3. The van der Waals surface area contributed by atoms with Gasteiger partial charge in [0, 0.05) is 24.3 Å². The van der Waals surface area contributed by atoms with E-state index in [0.717, 1.165) is 16.1 Å². The topological polar surface area (TPSA) is 50.9 Å². The van der Waals surface area contributed by atoms with Crippen LogP contribution in [-0.2, 0) is 0 Å². The van der Waals surface area contributed by atoms with Crippen LogP contribution in [0.2, 0.25) is 4.47 Å². The van der Waals surface area contributed by atoms with Crippen molar-refractivity contribution in [2.24, 2.45) is 0 Å². The lowest BCUT2D eigenvalue weighted by Crippen LogP contribution is -1.98. The molecule has 0 bridgehead atoms. The predicted molar refractivity (Wildman–Crippen MR) is 74.7 cm³/mol. The monoisotopic (exact) mass is 291 g/mol. The first kappa shape index (κ1) is 12.3. The third-order valence-corrected chi connectivity index (χ3v) is 3.94. The van der Waals surface area contributed by atoms with E-state index >= 15 is 0 Å². The Labute approximate surface area is 119 Å². The van der Waals surface area contributed by atoms with E-state index in [-0.39, 0.29) is 0 Å². The maximum atomic E-state index is 10.2. The maximum Gasteiger partial charge on any atom is 0.183 e. The van der Waals surface area contributed by atoms with Gasteiger partial charge in [0.2, 0.25) is 0 Å². The van der Waals surface area contributed by atoms with Crippen molar-refractivity contribution in [1.82, 2.24) is 14.5 Å². The number of aliphatic hydroxyl groups excluding tert-OH is 1. The molecule has 0 aliphatic carbocycles. The van der Waals surface area contributed by atoms with Crippen LogP contribution in [-0.4, -0.2) is 19.6 Å². The second kappa shape index (κ2) is 5.13. The summed E-state index contributed by atoms with van der Waals surface area (Å²) in [5.41, 5.74) is 1.81. The molecule has 0 aliphatic rings. The highest BCUT2D eigenvalue weighted by atomic mass is 35.5. The Hall–Kier alpha value is -1.69. The summed E-state index contributed by atoms with van der Waals surface area (Å²) in [6.07, 6.45) is 6.23. The normalized spacial score (nSPS) is 12.5. The molecule has 3 rings (SSSR count). The van der Waals surface area contributed by atoms with Crippen molar-refractivity contribution in [3.63, 3.8) is 0 Å². The molecule has 1 unspecified atom stereocenters. The van der Waals surface area contributed by atoms with Crippen molar-refractivity contribution < 1.29 is 5.11 Å². The van der Waals surface area contributed by atoms with Gasteiger partial charge in [-0.25, -0.2) is 9.97 Å². The van der Waals surface area contributed by atoms with E-state index < -0.39 is 6.10 Å². The van der Waals surface area contributed by atoms with E-state index in [1.165, 1.54) is 11.3 Å². The van der Waals surface area contributed by atoms with Gasteiger partial charge in [-0.1, -0.05) is 23.7 Å². The first-order chi connectivity index (χ1) is 9.24. The zero-order valence-corrected chi connectivity index (χ0v) is 11.3. The molecule has 2 aromatic heterocycles. The fourth-order valence-electron chi connectivity index (χ4n) is 1.80. The molecular formula is C13H10ClN3OS. The number of hydrogen-bond acceptors (Lipinski definition) is 4. The van der Waals surface area contributed by atoms with E-state index in [2.05, 4.69) is 9.97 Å². The molecule has 1 N–H and O–H groups in total. The lowest BCUT2D eigenvalue weighted by Gasteiger charge is -2.09. The van der Waals surface area contributed by atoms with E-state index in [9.17, 15) is 5.11 Å². The second-order valence-corrected chi connectivity index (χ2v) is 5.62. The summed E-state index contributed by atoms with van der Waals surface area (Å²) in [4.78, 5) is 8.67. The van der Waals surface area contributed by atoms with Gasteiger partial charge < -0.3 is 9.67 Å². The molecular weight excluding hydrogens is 282 g/mol. The Morgan fingerprint density at radius 1 is 1.26 bits per heavy atom. The highest BCUT2D eigenvalue weighted by Gasteiger charge is 2.13. The Kier molecular flexibility index (Phi) is 3.33. The van der Waals surface area contributed by atoms with Gasteiger partial charge in [0.05, 0.1) is 11.2 Å². The van der Waals surface area contributed by atoms with Crippen LogP contribution in [0.15, 0.2) is 49.2 Å². The van der Waals surface area contributed by atoms with Crippen LogP contribution >= 0.6 is 22.9 Å². The number of imidazole rings is 1. The fraction of sp³-hybridized carbons (Fsp3) is 0.0769. The quantitative estimate of drug-likeness (QED) is 0.807. The zero-order chi connectivity index (χ0) is 13.2. The van der Waals surface area contributed by atoms with Crippen molar-refractivity contribution in [2.75, 3.05) is 0 Å². The van der Waals surface area contributed by atoms with Gasteiger partial charge in [-0.05, 0) is 17.7 Å². The molecule has 0 spiro atoms. The Morgan fingerprint density at radius 2 is 2.05 bits per heavy atom. The summed E-state index contributed by atoms with van der Waals surface area (Å²) in [5.74, 6) is 0. The Bertz CT molecular complexity index is 664. The van der Waals surface area contributed by atoms with Gasteiger partial charge in [-0.3, -0.25) is 0 Å². The summed E-state index contributed by atoms with van der Waals surface area (Å²) >= 11 is 7.05. The third kappa shape index (κ3) is 2.53. The van der Waals surface area contributed by atoms with Gasteiger partial charge in [0.25, 0.3) is 0 Å². The summed E-state index contributed by atoms with van der Waals surface area (Å²) < 4.78 is 2.34. The number of hydrogen-bond donors (Lipinski definition) is 1. The van der Waals surface area contributed by atoms with Crippen molar-refractivity contribution in [1.29, 1.82) is 0 Å². The van der Waals surface area contributed by atoms with Crippen molar-refractivity contribution in [2.45, 2.75) is 6.10 Å². The molecule has 1 aromatic carbocycles. The third-order valence-electron chi connectivity index (χ3n) is 2.78. The molecule has 6 heteroatoms. The minimum atomic E-state index is -0.693. The van der Waals surface area contributed by atoms with Gasteiger partial charge in [0.15, 0.2) is 4.47 Å². The summed E-state index contributed by atoms with van der Waals surface area (Å²) in [6.45, 7) is 0. The lowest BCUT2D eigenvalue weighted by atomic mass is 10.1. The number of aliphatic hydroxyl groups is 1. The van der Waals surface area contributed by atoms with Crippen LogP contribution in [0.4, 0.5) is 0 Å². The fourth-order valence-corrected chi connectivity index (χ4v) is 2.76. The van der Waals surface area contributed by atoms with E-state index in [4.69, 9.17) is 11.6 Å². The van der Waals surface area contributed by atoms with Gasteiger partial charge in [0.1, 0.15) is 6.10 Å². The molecule has 3 aromatic rings. The zero-order valence-electron chi connectivity index (χ0n) is 9.77. The standard InChI is InChI=1S/C13H10ClN3OS/c14-13-16-7-11(19-13)12(18)9-1-3-10(4-2-9)17-6-5-15-8-17/h1-8,12,18H. The Balaban J connectivity index is 1.86. The van der Waals surface area contributed by atoms with E-state index in [1.54, 1.807) is 18.7 Å². The average Bonchev–Trinajstić information content (AvgIpc) is 3.09. The SMILES string of the molecule is OC(c1ccc(-n2ccnc2)cc1)c1cnc(Cl)s1. The number of halogens is 1. The van der Waals surface area contributed by atoms with Crippen molar-refractivity contribution in [3.8, 4) is 5.69 Å². The highest BCUT2D eigenvalue weighted by Crippen LogP contribution is 2.29. The number of benzene rings is 1. The van der Waals surface area contributed by atoms with Crippen LogP contribution in [0.1, 0.15) is 16.5 Å². The molecule has 0 saturated heterocycles. The van der Waals surface area contributed by atoms with Crippen LogP contribution in [0.25, 0.3) is 5.69 Å². The lowest BCUT2D eigenvalue weighted by molar-refractivity contribution is 0.224. The van der Waals surface area contributed by atoms with E-state index in [0.29, 0.717) is 4.47 Å². The van der Waals surface area contributed by atoms with Crippen LogP contribution in [0, 0.1) is 0 Å². The molecule has 2 heterocycles. The summed E-state index contributed by atoms with van der Waals surface area (Å²) in [5, 5.41) is 10.2. The van der Waals surface area contributed by atoms with E-state index in [1.807, 2.05) is 35.0 Å². The number of thiazole rings is 1. The van der Waals surface area contributed by atoms with Crippen molar-refractivity contribution >= 4 is 22.9 Å². The molecule has 0 saturated carbocycles. The van der Waals surface area contributed by atoms with Gasteiger partial charge >= 0.3 is 0 Å².